The van der Waals surface area contributed by atoms with E-state index in [1.807, 2.05) is 0 Å². The SMILES string of the molecule is COc1ccc(OCC(O)COc2cccc3oc(C(=O)O)cc(=O)c23)cc1. The van der Waals surface area contributed by atoms with E-state index in [0.29, 0.717) is 11.5 Å². The molecule has 1 heterocycles. The molecule has 0 aliphatic carbocycles. The number of aliphatic hydroxyl groups excluding tert-OH is 1. The van der Waals surface area contributed by atoms with Crippen molar-refractivity contribution in [1.82, 2.24) is 0 Å². The number of carbonyl (C=O) groups is 1. The van der Waals surface area contributed by atoms with E-state index in [-0.39, 0.29) is 29.9 Å². The van der Waals surface area contributed by atoms with Crippen LogP contribution in [0, 0.1) is 0 Å². The van der Waals surface area contributed by atoms with Gasteiger partial charge in [-0.25, -0.2) is 4.79 Å². The molecular weight excluding hydrogens is 368 g/mol. The van der Waals surface area contributed by atoms with E-state index in [1.54, 1.807) is 37.4 Å². The highest BCUT2D eigenvalue weighted by Crippen LogP contribution is 2.23. The molecule has 0 saturated carbocycles. The van der Waals surface area contributed by atoms with Crippen LogP contribution in [0.25, 0.3) is 11.0 Å². The van der Waals surface area contributed by atoms with E-state index in [2.05, 4.69) is 0 Å². The van der Waals surface area contributed by atoms with E-state index >= 15 is 0 Å². The fourth-order valence-electron chi connectivity index (χ4n) is 2.50. The zero-order valence-corrected chi connectivity index (χ0v) is 15.0. The number of ether oxygens (including phenoxy) is 3. The summed E-state index contributed by atoms with van der Waals surface area (Å²) in [5, 5.41) is 19.2. The van der Waals surface area contributed by atoms with Gasteiger partial charge in [0.2, 0.25) is 5.76 Å². The van der Waals surface area contributed by atoms with Crippen molar-refractivity contribution in [1.29, 1.82) is 0 Å². The lowest BCUT2D eigenvalue weighted by atomic mass is 10.2. The third-order valence-corrected chi connectivity index (χ3v) is 3.86. The minimum atomic E-state index is -1.34. The first-order chi connectivity index (χ1) is 13.5. The number of hydrogen-bond acceptors (Lipinski definition) is 7. The quantitative estimate of drug-likeness (QED) is 0.606. The fraction of sp³-hybridized carbons (Fsp3) is 0.200. The van der Waals surface area contributed by atoms with Gasteiger partial charge in [-0.2, -0.15) is 0 Å². The van der Waals surface area contributed by atoms with Crippen LogP contribution in [-0.2, 0) is 0 Å². The molecule has 1 unspecified atom stereocenters. The first-order valence-electron chi connectivity index (χ1n) is 8.36. The monoisotopic (exact) mass is 386 g/mol. The first-order valence-corrected chi connectivity index (χ1v) is 8.36. The van der Waals surface area contributed by atoms with Gasteiger partial charge in [-0.3, -0.25) is 4.79 Å². The molecule has 0 amide bonds. The van der Waals surface area contributed by atoms with Crippen molar-refractivity contribution in [3.63, 3.8) is 0 Å². The van der Waals surface area contributed by atoms with Gasteiger partial charge in [0.05, 0.1) is 7.11 Å². The van der Waals surface area contributed by atoms with Gasteiger partial charge in [0.1, 0.15) is 47.5 Å². The molecule has 3 aromatic rings. The van der Waals surface area contributed by atoms with Crippen LogP contribution < -0.4 is 19.6 Å². The molecule has 0 bridgehead atoms. The lowest BCUT2D eigenvalue weighted by Gasteiger charge is -2.14. The summed E-state index contributed by atoms with van der Waals surface area (Å²) >= 11 is 0. The average Bonchev–Trinajstić information content (AvgIpc) is 2.70. The molecule has 0 aliphatic rings. The molecule has 2 aromatic carbocycles. The normalized spacial score (nSPS) is 11.8. The third kappa shape index (κ3) is 4.41. The van der Waals surface area contributed by atoms with Crippen LogP contribution in [0.15, 0.2) is 57.7 Å². The van der Waals surface area contributed by atoms with Crippen LogP contribution in [-0.4, -0.2) is 42.6 Å². The molecule has 0 radical (unpaired) electrons. The number of hydrogen-bond donors (Lipinski definition) is 2. The number of rotatable bonds is 8. The van der Waals surface area contributed by atoms with Crippen LogP contribution in [0.4, 0.5) is 0 Å². The highest BCUT2D eigenvalue weighted by atomic mass is 16.5. The van der Waals surface area contributed by atoms with E-state index in [0.717, 1.165) is 6.07 Å². The second kappa shape index (κ2) is 8.45. The summed E-state index contributed by atoms with van der Waals surface area (Å²) in [5.74, 6) is -0.352. The second-order valence-corrected chi connectivity index (χ2v) is 5.86. The van der Waals surface area contributed by atoms with Crippen molar-refractivity contribution < 1.29 is 33.6 Å². The minimum absolute atomic E-state index is 0.0190. The molecular formula is C20H18O8. The van der Waals surface area contributed by atoms with Gasteiger partial charge in [-0.1, -0.05) is 6.07 Å². The standard InChI is InChI=1S/C20H18O8/c1-25-13-5-7-14(8-6-13)26-10-12(21)11-27-16-3-2-4-17-19(16)15(22)9-18(28-17)20(23)24/h2-9,12,21H,10-11H2,1H3,(H,23,24). The highest BCUT2D eigenvalue weighted by Gasteiger charge is 2.15. The van der Waals surface area contributed by atoms with Crippen molar-refractivity contribution >= 4 is 16.9 Å². The summed E-state index contributed by atoms with van der Waals surface area (Å²) in [6, 6.07) is 12.4. The Morgan fingerprint density at radius 3 is 2.43 bits per heavy atom. The Hall–Kier alpha value is -3.52. The Morgan fingerprint density at radius 1 is 1.07 bits per heavy atom. The molecule has 8 heteroatoms. The molecule has 0 fully saturated rings. The van der Waals surface area contributed by atoms with E-state index in [1.165, 1.54) is 12.1 Å². The maximum absolute atomic E-state index is 12.2. The molecule has 1 atom stereocenters. The van der Waals surface area contributed by atoms with E-state index in [9.17, 15) is 14.7 Å². The largest absolute Gasteiger partial charge is 0.497 e. The number of methoxy groups -OCH3 is 1. The number of aliphatic hydroxyl groups is 1. The van der Waals surface area contributed by atoms with Gasteiger partial charge in [0.25, 0.3) is 0 Å². The Balaban J connectivity index is 1.65. The summed E-state index contributed by atoms with van der Waals surface area (Å²) in [5.41, 5.74) is -0.454. The molecule has 146 valence electrons. The molecule has 0 spiro atoms. The number of carboxylic acids is 1. The van der Waals surface area contributed by atoms with Gasteiger partial charge in [-0.15, -0.1) is 0 Å². The molecule has 0 saturated heterocycles. The number of fused-ring (bicyclic) bond motifs is 1. The summed E-state index contributed by atoms with van der Waals surface area (Å²) < 4.78 is 21.3. The van der Waals surface area contributed by atoms with Gasteiger partial charge in [0, 0.05) is 6.07 Å². The lowest BCUT2D eigenvalue weighted by Crippen LogP contribution is -2.25. The zero-order valence-electron chi connectivity index (χ0n) is 15.0. The Bertz CT molecular complexity index is 1020. The Morgan fingerprint density at radius 2 is 1.75 bits per heavy atom. The molecule has 28 heavy (non-hydrogen) atoms. The van der Waals surface area contributed by atoms with Crippen LogP contribution >= 0.6 is 0 Å². The third-order valence-electron chi connectivity index (χ3n) is 3.86. The number of carboxylic acid groups (broad SMARTS) is 1. The minimum Gasteiger partial charge on any atom is -0.497 e. The van der Waals surface area contributed by atoms with E-state index < -0.39 is 23.3 Å². The summed E-state index contributed by atoms with van der Waals surface area (Å²) in [4.78, 5) is 23.2. The smallest absolute Gasteiger partial charge is 0.371 e. The number of benzene rings is 2. The maximum atomic E-state index is 12.2. The molecule has 2 N–H and O–H groups in total. The number of aromatic carboxylic acids is 1. The predicted octanol–water partition coefficient (Wildman–Crippen LogP) is 2.32. The Kier molecular flexibility index (Phi) is 5.81. The van der Waals surface area contributed by atoms with Crippen molar-refractivity contribution in [3.8, 4) is 17.2 Å². The van der Waals surface area contributed by atoms with Gasteiger partial charge in [0.15, 0.2) is 5.43 Å². The summed E-state index contributed by atoms with van der Waals surface area (Å²) in [7, 11) is 1.56. The van der Waals surface area contributed by atoms with Crippen molar-refractivity contribution in [2.75, 3.05) is 20.3 Å². The molecule has 1 aromatic heterocycles. The zero-order chi connectivity index (χ0) is 20.1. The average molecular weight is 386 g/mol. The van der Waals surface area contributed by atoms with Crippen LogP contribution in [0.2, 0.25) is 0 Å². The molecule has 3 rings (SSSR count). The van der Waals surface area contributed by atoms with Crippen molar-refractivity contribution in [3.05, 3.63) is 64.5 Å². The lowest BCUT2D eigenvalue weighted by molar-refractivity contribution is 0.0631. The highest BCUT2D eigenvalue weighted by molar-refractivity contribution is 5.89. The maximum Gasteiger partial charge on any atom is 0.371 e. The van der Waals surface area contributed by atoms with E-state index in [4.69, 9.17) is 23.7 Å². The summed E-state index contributed by atoms with van der Waals surface area (Å²) in [6.07, 6.45) is -0.956. The Labute approximate surface area is 159 Å². The van der Waals surface area contributed by atoms with Gasteiger partial charge >= 0.3 is 5.97 Å². The topological polar surface area (TPSA) is 115 Å². The van der Waals surface area contributed by atoms with Crippen molar-refractivity contribution in [2.45, 2.75) is 6.10 Å². The summed E-state index contributed by atoms with van der Waals surface area (Å²) in [6.45, 7) is -0.149. The fourth-order valence-corrected chi connectivity index (χ4v) is 2.50. The van der Waals surface area contributed by atoms with Crippen LogP contribution in [0.5, 0.6) is 17.2 Å². The van der Waals surface area contributed by atoms with Gasteiger partial charge < -0.3 is 28.8 Å². The first kappa shape index (κ1) is 19.2. The second-order valence-electron chi connectivity index (χ2n) is 5.86. The van der Waals surface area contributed by atoms with Crippen LogP contribution in [0.3, 0.4) is 0 Å². The molecule has 8 nitrogen and oxygen atoms in total. The van der Waals surface area contributed by atoms with Crippen molar-refractivity contribution in [2.24, 2.45) is 0 Å². The van der Waals surface area contributed by atoms with Gasteiger partial charge in [-0.05, 0) is 36.4 Å². The molecule has 0 aliphatic heterocycles. The van der Waals surface area contributed by atoms with Crippen LogP contribution in [0.1, 0.15) is 10.6 Å². The predicted molar refractivity (Wildman–Crippen MR) is 99.4 cm³/mol.